The largest absolute Gasteiger partial charge is 0.508 e. The number of anilines is 1. The minimum Gasteiger partial charge on any atom is -0.508 e. The molecular weight excluding hydrogens is 602 g/mol. The summed E-state index contributed by atoms with van der Waals surface area (Å²) >= 11 is 13.8. The van der Waals surface area contributed by atoms with Gasteiger partial charge in [-0.05, 0) is 36.5 Å². The predicted octanol–water partition coefficient (Wildman–Crippen LogP) is 4.04. The molecule has 6 rings (SSSR count). The highest BCUT2D eigenvalue weighted by molar-refractivity contribution is 6.58. The van der Waals surface area contributed by atoms with E-state index in [1.165, 1.54) is 30.3 Å². The zero-order chi connectivity index (χ0) is 29.9. The van der Waals surface area contributed by atoms with Gasteiger partial charge in [-0.25, -0.2) is 26.9 Å². The monoisotopic (exact) mass is 616 g/mol. The number of hydrogen-bond donors (Lipinski definition) is 2. The summed E-state index contributed by atoms with van der Waals surface area (Å²) in [5, 5.41) is 19.8. The van der Waals surface area contributed by atoms with E-state index >= 15 is 0 Å². The van der Waals surface area contributed by atoms with Gasteiger partial charge in [0.05, 0.1) is 11.8 Å². The molecule has 2 heterocycles. The molecule has 3 fully saturated rings. The highest BCUT2D eigenvalue weighted by atomic mass is 35.5. The van der Waals surface area contributed by atoms with E-state index < -0.39 is 98.2 Å². The standard InChI is InChI=1S/C26H15Cl2F5N2O6/c27-25-7-12-10(5-6-11-13(12)22(38)35(41)21(11)37)14(8-1-3-9(36)4-2-8)26(25,28)24(40)34(23(25)39)20-18(32)16(30)15(29)17(31)19(20)33/h1-5,11-14,36,41H,6-7H2. The van der Waals surface area contributed by atoms with Crippen molar-refractivity contribution in [3.63, 3.8) is 0 Å². The predicted molar refractivity (Wildman–Crippen MR) is 128 cm³/mol. The molecular formula is C26H15Cl2F5N2O6. The number of carbonyl (C=O) groups is 4. The number of phenolic OH excluding ortho intramolecular Hbond substituents is 1. The lowest BCUT2D eigenvalue weighted by atomic mass is 9.56. The van der Waals surface area contributed by atoms with Crippen LogP contribution in [0.5, 0.6) is 5.75 Å². The zero-order valence-corrected chi connectivity index (χ0v) is 21.7. The van der Waals surface area contributed by atoms with Crippen molar-refractivity contribution in [1.29, 1.82) is 0 Å². The normalized spacial score (nSPS) is 32.7. The summed E-state index contributed by atoms with van der Waals surface area (Å²) in [6.07, 6.45) is 0.703. The molecule has 2 aromatic carbocycles. The number of aromatic hydroxyl groups is 1. The van der Waals surface area contributed by atoms with Gasteiger partial charge in [0.2, 0.25) is 5.82 Å². The molecule has 4 amide bonds. The van der Waals surface area contributed by atoms with Crippen molar-refractivity contribution in [3.05, 3.63) is 70.6 Å². The average Bonchev–Trinajstić information content (AvgIpc) is 3.25. The lowest BCUT2D eigenvalue weighted by molar-refractivity contribution is -0.173. The summed E-state index contributed by atoms with van der Waals surface area (Å²) in [7, 11) is 0. The van der Waals surface area contributed by atoms with Crippen LogP contribution in [0.15, 0.2) is 35.9 Å². The highest BCUT2D eigenvalue weighted by Gasteiger charge is 2.77. The Morgan fingerprint density at radius 1 is 0.805 bits per heavy atom. The van der Waals surface area contributed by atoms with Crippen LogP contribution < -0.4 is 4.90 Å². The molecule has 2 saturated heterocycles. The molecule has 0 radical (unpaired) electrons. The molecule has 6 atom stereocenters. The molecule has 41 heavy (non-hydrogen) atoms. The van der Waals surface area contributed by atoms with Gasteiger partial charge in [-0.3, -0.25) is 24.4 Å². The van der Waals surface area contributed by atoms with E-state index in [-0.39, 0.29) is 33.3 Å². The number of hydrogen-bond acceptors (Lipinski definition) is 6. The fraction of sp³-hybridized carbons (Fsp3) is 0.308. The molecule has 15 heteroatoms. The van der Waals surface area contributed by atoms with E-state index in [0.717, 1.165) is 0 Å². The molecule has 214 valence electrons. The molecule has 2 N–H and O–H groups in total. The van der Waals surface area contributed by atoms with Crippen LogP contribution in [-0.4, -0.2) is 48.8 Å². The minimum absolute atomic E-state index is 0.0616. The van der Waals surface area contributed by atoms with Gasteiger partial charge >= 0.3 is 0 Å². The van der Waals surface area contributed by atoms with E-state index in [0.29, 0.717) is 0 Å². The van der Waals surface area contributed by atoms with Gasteiger partial charge in [0.15, 0.2) is 33.0 Å². The van der Waals surface area contributed by atoms with Gasteiger partial charge in [-0.2, -0.15) is 5.06 Å². The quantitative estimate of drug-likeness (QED) is 0.100. The first-order valence-electron chi connectivity index (χ1n) is 12.0. The molecule has 1 saturated carbocycles. The Balaban J connectivity index is 1.61. The number of halogens is 7. The summed E-state index contributed by atoms with van der Waals surface area (Å²) in [4.78, 5) is 47.7. The van der Waals surface area contributed by atoms with Crippen LogP contribution in [0.3, 0.4) is 0 Å². The topological polar surface area (TPSA) is 115 Å². The first-order valence-corrected chi connectivity index (χ1v) is 12.8. The van der Waals surface area contributed by atoms with Crippen LogP contribution >= 0.6 is 23.2 Å². The number of alkyl halides is 2. The second-order valence-corrected chi connectivity index (χ2v) is 11.5. The van der Waals surface area contributed by atoms with Crippen molar-refractivity contribution < 1.29 is 51.4 Å². The lowest BCUT2D eigenvalue weighted by Gasteiger charge is -2.50. The van der Waals surface area contributed by atoms with E-state index in [2.05, 4.69) is 0 Å². The summed E-state index contributed by atoms with van der Waals surface area (Å²) in [5.41, 5.74) is -1.52. The van der Waals surface area contributed by atoms with Gasteiger partial charge in [0.25, 0.3) is 23.6 Å². The number of amides is 4. The summed E-state index contributed by atoms with van der Waals surface area (Å²) < 4.78 is 71.9. The molecule has 4 aliphatic rings. The number of hydroxylamine groups is 2. The Kier molecular flexibility index (Phi) is 5.88. The average molecular weight is 617 g/mol. The number of fused-ring (bicyclic) bond motifs is 4. The van der Waals surface area contributed by atoms with E-state index in [9.17, 15) is 51.4 Å². The highest BCUT2D eigenvalue weighted by Crippen LogP contribution is 2.66. The maximum absolute atomic E-state index is 14.9. The molecule has 0 spiro atoms. The molecule has 0 aromatic heterocycles. The van der Waals surface area contributed by atoms with E-state index in [4.69, 9.17) is 23.2 Å². The van der Waals surface area contributed by atoms with E-state index in [1.54, 1.807) is 0 Å². The van der Waals surface area contributed by atoms with Crippen LogP contribution in [0.4, 0.5) is 27.6 Å². The number of phenols is 1. The van der Waals surface area contributed by atoms with Crippen molar-refractivity contribution in [1.82, 2.24) is 5.06 Å². The first-order chi connectivity index (χ1) is 19.2. The first kappa shape index (κ1) is 27.6. The van der Waals surface area contributed by atoms with Crippen molar-refractivity contribution >= 4 is 52.5 Å². The molecule has 0 bridgehead atoms. The number of allylic oxidation sites excluding steroid dienone is 2. The van der Waals surface area contributed by atoms with Gasteiger partial charge in [-0.1, -0.05) is 23.8 Å². The zero-order valence-electron chi connectivity index (χ0n) is 20.2. The van der Waals surface area contributed by atoms with Gasteiger partial charge < -0.3 is 5.11 Å². The third-order valence-corrected chi connectivity index (χ3v) is 9.84. The SMILES string of the molecule is O=C1C2CC=C3C(CC4(Cl)C(=O)N(c5c(F)c(F)c(F)c(F)c5F)C(=O)C4(Cl)C3c3ccc(O)cc3)C2C(=O)N1O. The maximum Gasteiger partial charge on any atom is 0.258 e. The molecule has 2 aliphatic carbocycles. The fourth-order valence-corrected chi connectivity index (χ4v) is 7.53. The number of nitrogens with zero attached hydrogens (tertiary/aromatic N) is 2. The van der Waals surface area contributed by atoms with Crippen molar-refractivity contribution in [2.24, 2.45) is 17.8 Å². The van der Waals surface area contributed by atoms with Crippen molar-refractivity contribution in [2.75, 3.05) is 4.90 Å². The molecule has 2 aromatic rings. The van der Waals surface area contributed by atoms with Gasteiger partial charge in [-0.15, -0.1) is 23.2 Å². The smallest absolute Gasteiger partial charge is 0.258 e. The van der Waals surface area contributed by atoms with E-state index in [1.807, 2.05) is 0 Å². The molecule has 6 unspecified atom stereocenters. The van der Waals surface area contributed by atoms with Crippen molar-refractivity contribution in [3.8, 4) is 5.75 Å². The van der Waals surface area contributed by atoms with Crippen LogP contribution in [0.25, 0.3) is 0 Å². The van der Waals surface area contributed by atoms with Gasteiger partial charge in [0, 0.05) is 5.92 Å². The lowest BCUT2D eigenvalue weighted by Crippen LogP contribution is -2.60. The Hall–Kier alpha value is -3.55. The number of imide groups is 2. The van der Waals surface area contributed by atoms with Crippen molar-refractivity contribution in [2.45, 2.75) is 28.5 Å². The maximum atomic E-state index is 14.9. The second kappa shape index (κ2) is 8.73. The number of benzene rings is 2. The summed E-state index contributed by atoms with van der Waals surface area (Å²) in [6, 6.07) is 5.00. The Bertz CT molecular complexity index is 1610. The van der Waals surface area contributed by atoms with Crippen LogP contribution in [-0.2, 0) is 19.2 Å². The summed E-state index contributed by atoms with van der Waals surface area (Å²) in [5.74, 6) is -22.6. The molecule has 2 aliphatic heterocycles. The van der Waals surface area contributed by atoms with Crippen LogP contribution in [0, 0.1) is 46.8 Å². The number of rotatable bonds is 2. The van der Waals surface area contributed by atoms with Gasteiger partial charge in [0.1, 0.15) is 11.4 Å². The summed E-state index contributed by atoms with van der Waals surface area (Å²) in [6.45, 7) is 0. The Labute approximate surface area is 236 Å². The third kappa shape index (κ3) is 3.25. The third-order valence-electron chi connectivity index (χ3n) is 8.42. The fourth-order valence-electron chi connectivity index (χ4n) is 6.59. The number of carbonyl (C=O) groups excluding carboxylic acids is 4. The van der Waals surface area contributed by atoms with Crippen LogP contribution in [0.2, 0.25) is 0 Å². The minimum atomic E-state index is -2.65. The Morgan fingerprint density at radius 3 is 1.95 bits per heavy atom. The second-order valence-electron chi connectivity index (χ2n) is 10.3. The van der Waals surface area contributed by atoms with Crippen LogP contribution in [0.1, 0.15) is 24.3 Å². The molecule has 8 nitrogen and oxygen atoms in total. The Morgan fingerprint density at radius 2 is 1.37 bits per heavy atom.